The van der Waals surface area contributed by atoms with E-state index in [1.54, 1.807) is 13.4 Å². The van der Waals surface area contributed by atoms with Gasteiger partial charge in [0, 0.05) is 55.2 Å². The molecular formula is C23H25N5O. The average Bonchev–Trinajstić information content (AvgIpc) is 3.16. The van der Waals surface area contributed by atoms with Crippen molar-refractivity contribution in [2.24, 2.45) is 0 Å². The summed E-state index contributed by atoms with van der Waals surface area (Å²) in [5, 5.41) is 4.66. The normalized spacial score (nSPS) is 10.9. The zero-order valence-electron chi connectivity index (χ0n) is 16.9. The zero-order valence-corrected chi connectivity index (χ0v) is 16.9. The number of aromatic nitrogens is 3. The van der Waals surface area contributed by atoms with Crippen molar-refractivity contribution in [1.29, 1.82) is 0 Å². The Bertz CT molecular complexity index is 1100. The van der Waals surface area contributed by atoms with Crippen molar-refractivity contribution in [2.75, 3.05) is 38.0 Å². The number of H-pyrrole nitrogens is 1. The van der Waals surface area contributed by atoms with Gasteiger partial charge in [0.25, 0.3) is 0 Å². The Balaban J connectivity index is 1.50. The number of nitrogens with one attached hydrogen (secondary N) is 2. The van der Waals surface area contributed by atoms with Crippen molar-refractivity contribution in [1.82, 2.24) is 15.0 Å². The van der Waals surface area contributed by atoms with Gasteiger partial charge in [-0.2, -0.15) is 0 Å². The summed E-state index contributed by atoms with van der Waals surface area (Å²) in [7, 11) is 5.76. The largest absolute Gasteiger partial charge is 0.497 e. The molecule has 0 amide bonds. The average molecular weight is 387 g/mol. The minimum absolute atomic E-state index is 0.768. The van der Waals surface area contributed by atoms with Crippen molar-refractivity contribution in [3.8, 4) is 16.9 Å². The fourth-order valence-corrected chi connectivity index (χ4v) is 3.43. The molecule has 0 unspecified atom stereocenters. The Morgan fingerprint density at radius 1 is 1.10 bits per heavy atom. The van der Waals surface area contributed by atoms with Crippen molar-refractivity contribution in [3.63, 3.8) is 0 Å². The van der Waals surface area contributed by atoms with Crippen LogP contribution in [0, 0.1) is 0 Å². The van der Waals surface area contributed by atoms with Gasteiger partial charge in [0.15, 0.2) is 0 Å². The Kier molecular flexibility index (Phi) is 5.33. The van der Waals surface area contributed by atoms with E-state index in [2.05, 4.69) is 61.7 Å². The standard InChI is InChI=1S/C23H25N5O/c1-28(2)18-6-4-16(5-7-18)21-14-24-15-27-23(21)25-11-10-17-13-26-22-9-8-19(29-3)12-20(17)22/h4-9,12-15,26H,10-11H2,1-3H3,(H,24,25,27). The Morgan fingerprint density at radius 3 is 2.69 bits per heavy atom. The topological polar surface area (TPSA) is 66.1 Å². The number of rotatable bonds is 7. The molecule has 0 aliphatic rings. The molecule has 29 heavy (non-hydrogen) atoms. The second-order valence-electron chi connectivity index (χ2n) is 7.13. The highest BCUT2D eigenvalue weighted by atomic mass is 16.5. The van der Waals surface area contributed by atoms with Crippen LogP contribution in [0.4, 0.5) is 11.5 Å². The van der Waals surface area contributed by atoms with Gasteiger partial charge in [-0.1, -0.05) is 12.1 Å². The summed E-state index contributed by atoms with van der Waals surface area (Å²) >= 11 is 0. The number of methoxy groups -OCH3 is 1. The quantitative estimate of drug-likeness (QED) is 0.493. The predicted octanol–water partition coefficient (Wildman–Crippen LogP) is 4.35. The van der Waals surface area contributed by atoms with Crippen LogP contribution >= 0.6 is 0 Å². The zero-order chi connectivity index (χ0) is 20.2. The molecule has 0 aliphatic carbocycles. The number of anilines is 2. The summed E-state index contributed by atoms with van der Waals surface area (Å²) < 4.78 is 5.36. The molecule has 4 aromatic rings. The number of fused-ring (bicyclic) bond motifs is 1. The van der Waals surface area contributed by atoms with Gasteiger partial charge < -0.3 is 19.9 Å². The third-order valence-corrected chi connectivity index (χ3v) is 5.07. The molecule has 0 spiro atoms. The van der Waals surface area contributed by atoms with Gasteiger partial charge in [-0.05, 0) is 47.9 Å². The lowest BCUT2D eigenvalue weighted by molar-refractivity contribution is 0.415. The van der Waals surface area contributed by atoms with Crippen LogP contribution in [-0.4, -0.2) is 42.7 Å². The monoisotopic (exact) mass is 387 g/mol. The number of hydrogen-bond acceptors (Lipinski definition) is 5. The molecule has 0 atom stereocenters. The third kappa shape index (κ3) is 4.01. The third-order valence-electron chi connectivity index (χ3n) is 5.07. The van der Waals surface area contributed by atoms with Gasteiger partial charge in [-0.25, -0.2) is 9.97 Å². The molecule has 0 saturated carbocycles. The molecule has 4 rings (SSSR count). The van der Waals surface area contributed by atoms with Crippen LogP contribution < -0.4 is 15.0 Å². The first kappa shape index (κ1) is 18.8. The Morgan fingerprint density at radius 2 is 1.93 bits per heavy atom. The summed E-state index contributed by atoms with van der Waals surface area (Å²) in [6, 6.07) is 14.5. The van der Waals surface area contributed by atoms with Gasteiger partial charge in [0.1, 0.15) is 17.9 Å². The van der Waals surface area contributed by atoms with E-state index in [4.69, 9.17) is 4.74 Å². The molecule has 2 N–H and O–H groups in total. The Hall–Kier alpha value is -3.54. The highest BCUT2D eigenvalue weighted by Crippen LogP contribution is 2.28. The smallest absolute Gasteiger partial charge is 0.137 e. The highest BCUT2D eigenvalue weighted by molar-refractivity contribution is 5.84. The first-order valence-corrected chi connectivity index (χ1v) is 9.61. The molecule has 148 valence electrons. The molecule has 6 heteroatoms. The van der Waals surface area contributed by atoms with Crippen LogP contribution in [0.25, 0.3) is 22.0 Å². The number of ether oxygens (including phenoxy) is 1. The van der Waals surface area contributed by atoms with Crippen LogP contribution in [0.3, 0.4) is 0 Å². The second-order valence-corrected chi connectivity index (χ2v) is 7.13. The maximum atomic E-state index is 5.36. The minimum atomic E-state index is 0.768. The molecule has 0 aliphatic heterocycles. The summed E-state index contributed by atoms with van der Waals surface area (Å²) in [5.74, 6) is 1.71. The fraction of sp³-hybridized carbons (Fsp3) is 0.217. The highest BCUT2D eigenvalue weighted by Gasteiger charge is 2.09. The van der Waals surface area contributed by atoms with E-state index < -0.39 is 0 Å². The van der Waals surface area contributed by atoms with Gasteiger partial charge in [-0.15, -0.1) is 0 Å². The van der Waals surface area contributed by atoms with Crippen molar-refractivity contribution in [3.05, 3.63) is 66.7 Å². The van der Waals surface area contributed by atoms with Crippen LogP contribution in [0.1, 0.15) is 5.56 Å². The summed E-state index contributed by atoms with van der Waals surface area (Å²) in [5.41, 5.74) is 5.62. The molecule has 2 aromatic carbocycles. The van der Waals surface area contributed by atoms with Gasteiger partial charge in [0.05, 0.1) is 7.11 Å². The molecule has 0 bridgehead atoms. The molecule has 6 nitrogen and oxygen atoms in total. The van der Waals surface area contributed by atoms with E-state index in [9.17, 15) is 0 Å². The summed E-state index contributed by atoms with van der Waals surface area (Å²) in [4.78, 5) is 14.1. The van der Waals surface area contributed by atoms with E-state index in [1.807, 2.05) is 32.4 Å². The van der Waals surface area contributed by atoms with Crippen molar-refractivity contribution >= 4 is 22.4 Å². The number of aromatic amines is 1. The van der Waals surface area contributed by atoms with Crippen LogP contribution in [-0.2, 0) is 6.42 Å². The summed E-state index contributed by atoms with van der Waals surface area (Å²) in [6.07, 6.45) is 6.37. The van der Waals surface area contributed by atoms with E-state index in [1.165, 1.54) is 10.9 Å². The van der Waals surface area contributed by atoms with E-state index in [-0.39, 0.29) is 0 Å². The van der Waals surface area contributed by atoms with Crippen LogP contribution in [0.2, 0.25) is 0 Å². The van der Waals surface area contributed by atoms with Crippen molar-refractivity contribution in [2.45, 2.75) is 6.42 Å². The van der Waals surface area contributed by atoms with Gasteiger partial charge in [0.2, 0.25) is 0 Å². The van der Waals surface area contributed by atoms with E-state index >= 15 is 0 Å². The molecular weight excluding hydrogens is 362 g/mol. The van der Waals surface area contributed by atoms with Gasteiger partial charge >= 0.3 is 0 Å². The lowest BCUT2D eigenvalue weighted by Crippen LogP contribution is -2.09. The molecule has 2 heterocycles. The van der Waals surface area contributed by atoms with Crippen LogP contribution in [0.5, 0.6) is 5.75 Å². The number of hydrogen-bond donors (Lipinski definition) is 2. The first-order valence-electron chi connectivity index (χ1n) is 9.61. The molecule has 0 radical (unpaired) electrons. The summed E-state index contributed by atoms with van der Waals surface area (Å²) in [6.45, 7) is 0.768. The van der Waals surface area contributed by atoms with Gasteiger partial charge in [-0.3, -0.25) is 0 Å². The lowest BCUT2D eigenvalue weighted by atomic mass is 10.1. The molecule has 0 saturated heterocycles. The van der Waals surface area contributed by atoms with E-state index in [0.717, 1.165) is 46.9 Å². The maximum absolute atomic E-state index is 5.36. The molecule has 0 fully saturated rings. The minimum Gasteiger partial charge on any atom is -0.497 e. The van der Waals surface area contributed by atoms with Crippen molar-refractivity contribution < 1.29 is 4.74 Å². The lowest BCUT2D eigenvalue weighted by Gasteiger charge is -2.14. The van der Waals surface area contributed by atoms with E-state index in [0.29, 0.717) is 0 Å². The fourth-order valence-electron chi connectivity index (χ4n) is 3.43. The Labute approximate surface area is 170 Å². The molecule has 2 aromatic heterocycles. The second kappa shape index (κ2) is 8.22. The SMILES string of the molecule is COc1ccc2[nH]cc(CCNc3ncncc3-c3ccc(N(C)C)cc3)c2c1. The first-order chi connectivity index (χ1) is 14.2. The number of benzene rings is 2. The predicted molar refractivity (Wildman–Crippen MR) is 119 cm³/mol. The number of nitrogens with zero attached hydrogens (tertiary/aromatic N) is 3. The maximum Gasteiger partial charge on any atom is 0.137 e. The van der Waals surface area contributed by atoms with Crippen LogP contribution in [0.15, 0.2) is 61.2 Å².